The third-order valence-electron chi connectivity index (χ3n) is 7.17. The highest BCUT2D eigenvalue weighted by Gasteiger charge is 2.63. The van der Waals surface area contributed by atoms with E-state index in [1.165, 1.54) is 12.8 Å². The molecule has 2 bridgehead atoms. The van der Waals surface area contributed by atoms with Crippen molar-refractivity contribution in [3.05, 3.63) is 12.2 Å². The van der Waals surface area contributed by atoms with Crippen LogP contribution < -0.4 is 0 Å². The molecule has 0 aromatic rings. The van der Waals surface area contributed by atoms with Gasteiger partial charge in [-0.05, 0) is 55.8 Å². The topological polar surface area (TPSA) is 29.5 Å². The zero-order valence-corrected chi connectivity index (χ0v) is 13.0. The molecule has 4 aliphatic rings. The highest BCUT2D eigenvalue weighted by atomic mass is 16.5. The first-order chi connectivity index (χ1) is 9.56. The molecule has 1 N–H and O–H groups in total. The van der Waals surface area contributed by atoms with E-state index >= 15 is 0 Å². The Morgan fingerprint density at radius 3 is 2.90 bits per heavy atom. The molecule has 1 saturated carbocycles. The molecule has 0 spiro atoms. The Labute approximate surface area is 122 Å². The van der Waals surface area contributed by atoms with E-state index in [9.17, 15) is 5.11 Å². The van der Waals surface area contributed by atoms with E-state index < -0.39 is 0 Å². The fraction of sp³-hybridized carbons (Fsp3) is 0.889. The molecule has 2 aliphatic heterocycles. The van der Waals surface area contributed by atoms with Crippen LogP contribution in [-0.4, -0.2) is 22.9 Å². The predicted molar refractivity (Wildman–Crippen MR) is 79.2 cm³/mol. The zero-order chi connectivity index (χ0) is 14.1. The predicted octanol–water partition coefficient (Wildman–Crippen LogP) is 3.40. The number of ether oxygens (including phenoxy) is 1. The molecule has 2 heteroatoms. The lowest BCUT2D eigenvalue weighted by Crippen LogP contribution is -2.44. The molecule has 2 heterocycles. The van der Waals surface area contributed by atoms with E-state index in [1.807, 2.05) is 0 Å². The van der Waals surface area contributed by atoms with Crippen molar-refractivity contribution in [3.8, 4) is 0 Å². The van der Waals surface area contributed by atoms with Gasteiger partial charge in [0, 0.05) is 5.92 Å². The Balaban J connectivity index is 1.75. The Bertz CT molecular complexity index is 431. The fourth-order valence-corrected chi connectivity index (χ4v) is 6.25. The lowest BCUT2D eigenvalue weighted by atomic mass is 9.68. The van der Waals surface area contributed by atoms with Gasteiger partial charge in [0.15, 0.2) is 0 Å². The van der Waals surface area contributed by atoms with E-state index in [0.29, 0.717) is 29.8 Å². The number of hydrogen-bond donors (Lipinski definition) is 1. The molecule has 0 radical (unpaired) electrons. The summed E-state index contributed by atoms with van der Waals surface area (Å²) in [6.07, 6.45) is 9.42. The Morgan fingerprint density at radius 2 is 2.15 bits per heavy atom. The first-order valence-corrected chi connectivity index (χ1v) is 8.58. The minimum absolute atomic E-state index is 0.291. The van der Waals surface area contributed by atoms with Gasteiger partial charge < -0.3 is 9.84 Å². The number of aliphatic hydroxyl groups is 1. The maximum atomic E-state index is 10.8. The first kappa shape index (κ1) is 13.3. The first-order valence-electron chi connectivity index (χ1n) is 8.58. The molecule has 112 valence electrons. The van der Waals surface area contributed by atoms with Crippen molar-refractivity contribution >= 4 is 0 Å². The van der Waals surface area contributed by atoms with E-state index in [-0.39, 0.29) is 11.7 Å². The van der Waals surface area contributed by atoms with Crippen molar-refractivity contribution in [2.45, 2.75) is 64.3 Å². The van der Waals surface area contributed by atoms with Gasteiger partial charge in [-0.1, -0.05) is 32.4 Å². The zero-order valence-electron chi connectivity index (χ0n) is 13.0. The van der Waals surface area contributed by atoms with Crippen molar-refractivity contribution in [3.63, 3.8) is 0 Å². The number of allylic oxidation sites excluding steroid dienone is 1. The molecular weight excluding hydrogens is 248 g/mol. The average Bonchev–Trinajstić information content (AvgIpc) is 3.04. The summed E-state index contributed by atoms with van der Waals surface area (Å²) in [5.41, 5.74) is -0.325. The average molecular weight is 276 g/mol. The maximum Gasteiger partial charge on any atom is 0.0982 e. The van der Waals surface area contributed by atoms with Crippen LogP contribution in [0.5, 0.6) is 0 Å². The van der Waals surface area contributed by atoms with E-state index in [1.54, 1.807) is 0 Å². The van der Waals surface area contributed by atoms with Gasteiger partial charge in [0.25, 0.3) is 0 Å². The quantitative estimate of drug-likeness (QED) is 0.744. The van der Waals surface area contributed by atoms with Crippen LogP contribution in [0.3, 0.4) is 0 Å². The summed E-state index contributed by atoms with van der Waals surface area (Å²) in [6.45, 7) is 6.91. The van der Waals surface area contributed by atoms with Gasteiger partial charge in [-0.25, -0.2) is 0 Å². The normalized spacial score (nSPS) is 60.4. The van der Waals surface area contributed by atoms with Crippen molar-refractivity contribution in [2.24, 2.45) is 35.5 Å². The van der Waals surface area contributed by atoms with Crippen molar-refractivity contribution in [1.82, 2.24) is 0 Å². The third kappa shape index (κ3) is 1.53. The van der Waals surface area contributed by atoms with Crippen LogP contribution >= 0.6 is 0 Å². The highest BCUT2D eigenvalue weighted by Crippen LogP contribution is 2.60. The minimum Gasteiger partial charge on any atom is -0.390 e. The van der Waals surface area contributed by atoms with E-state index in [4.69, 9.17) is 4.74 Å². The van der Waals surface area contributed by atoms with Crippen LogP contribution in [-0.2, 0) is 4.74 Å². The van der Waals surface area contributed by atoms with Gasteiger partial charge >= 0.3 is 0 Å². The molecule has 20 heavy (non-hydrogen) atoms. The van der Waals surface area contributed by atoms with Gasteiger partial charge in [0.05, 0.1) is 17.8 Å². The van der Waals surface area contributed by atoms with Gasteiger partial charge in [0.1, 0.15) is 0 Å². The van der Waals surface area contributed by atoms with Gasteiger partial charge in [0.2, 0.25) is 0 Å². The number of hydrogen-bond acceptors (Lipinski definition) is 2. The second-order valence-electron chi connectivity index (χ2n) is 7.99. The third-order valence-corrected chi connectivity index (χ3v) is 7.17. The number of fused-ring (bicyclic) bond motifs is 7. The molecule has 3 fully saturated rings. The van der Waals surface area contributed by atoms with E-state index in [0.717, 1.165) is 24.7 Å². The Morgan fingerprint density at radius 1 is 1.35 bits per heavy atom. The summed E-state index contributed by atoms with van der Waals surface area (Å²) < 4.78 is 6.58. The van der Waals surface area contributed by atoms with Crippen LogP contribution in [0.25, 0.3) is 0 Å². The summed E-state index contributed by atoms with van der Waals surface area (Å²) >= 11 is 0. The van der Waals surface area contributed by atoms with Gasteiger partial charge in [-0.3, -0.25) is 0 Å². The Hall–Kier alpha value is -0.340. The van der Waals surface area contributed by atoms with Gasteiger partial charge in [-0.15, -0.1) is 0 Å². The van der Waals surface area contributed by atoms with Crippen LogP contribution in [0.4, 0.5) is 0 Å². The summed E-state index contributed by atoms with van der Waals surface area (Å²) in [7, 11) is 0. The van der Waals surface area contributed by atoms with Crippen LogP contribution in [0.15, 0.2) is 12.2 Å². The molecule has 2 nitrogen and oxygen atoms in total. The second-order valence-corrected chi connectivity index (χ2v) is 7.99. The van der Waals surface area contributed by atoms with Crippen molar-refractivity contribution in [1.29, 1.82) is 0 Å². The smallest absolute Gasteiger partial charge is 0.0982 e. The van der Waals surface area contributed by atoms with Crippen LogP contribution in [0.1, 0.15) is 46.5 Å². The summed E-state index contributed by atoms with van der Waals surface area (Å²) in [5, 5.41) is 10.8. The standard InChI is InChI=1S/C18H28O2/c1-4-12-10(2)8-11-9-15(19)18(3)14-7-5-6-13(14)17(20-18)16(11)12/h5,7,10-17,19H,4,6,8-9H2,1-3H3/t10-,11+,12-,13-,14+,15+,16-,17?,18+/m1/s1. The largest absolute Gasteiger partial charge is 0.390 e. The molecule has 2 saturated heterocycles. The lowest BCUT2D eigenvalue weighted by molar-refractivity contribution is -0.116. The summed E-state index contributed by atoms with van der Waals surface area (Å²) in [6, 6.07) is 0. The number of rotatable bonds is 1. The molecule has 0 amide bonds. The number of aliphatic hydroxyl groups excluding tert-OH is 1. The lowest BCUT2D eigenvalue weighted by Gasteiger charge is -2.35. The molecule has 9 atom stereocenters. The monoisotopic (exact) mass is 276 g/mol. The van der Waals surface area contributed by atoms with Crippen molar-refractivity contribution < 1.29 is 9.84 Å². The minimum atomic E-state index is -0.325. The van der Waals surface area contributed by atoms with E-state index in [2.05, 4.69) is 32.9 Å². The van der Waals surface area contributed by atoms with Crippen LogP contribution in [0.2, 0.25) is 0 Å². The second kappa shape index (κ2) is 4.33. The fourth-order valence-electron chi connectivity index (χ4n) is 6.25. The highest BCUT2D eigenvalue weighted by molar-refractivity contribution is 5.19. The van der Waals surface area contributed by atoms with Crippen molar-refractivity contribution in [2.75, 3.05) is 0 Å². The van der Waals surface area contributed by atoms with Crippen LogP contribution in [0, 0.1) is 35.5 Å². The molecule has 4 rings (SSSR count). The molecular formula is C18H28O2. The SMILES string of the molecule is CC[C@H]1[C@@H]2C3O[C@](C)([C@@H](O)C[C@@H]2C[C@H]1C)[C@H]1C=CC[C@@H]31. The summed E-state index contributed by atoms with van der Waals surface area (Å²) in [4.78, 5) is 0. The Kier molecular flexibility index (Phi) is 2.89. The molecule has 2 aliphatic carbocycles. The molecule has 0 aromatic heterocycles. The summed E-state index contributed by atoms with van der Waals surface area (Å²) in [5.74, 6) is 4.01. The maximum absolute atomic E-state index is 10.8. The molecule has 0 aromatic carbocycles. The van der Waals surface area contributed by atoms with Gasteiger partial charge in [-0.2, -0.15) is 0 Å². The molecule has 1 unspecified atom stereocenters.